The van der Waals surface area contributed by atoms with E-state index < -0.39 is 0 Å². The minimum atomic E-state index is 0.180. The van der Waals surface area contributed by atoms with E-state index in [1.807, 2.05) is 0 Å². The second-order valence-electron chi connectivity index (χ2n) is 10.6. The summed E-state index contributed by atoms with van der Waals surface area (Å²) in [6, 6.07) is 0. The third-order valence-corrected chi connectivity index (χ3v) is 5.19. The fraction of sp³-hybridized carbons (Fsp3) is 0.947. The van der Waals surface area contributed by atoms with Crippen LogP contribution in [0.1, 0.15) is 82.1 Å². The van der Waals surface area contributed by atoms with Gasteiger partial charge >= 0.3 is 150 Å². The fourth-order valence-corrected chi connectivity index (χ4v) is 5.66. The topological polar surface area (TPSA) is 6.48 Å². The molecule has 22 heavy (non-hydrogen) atoms. The third kappa shape index (κ3) is 5.52. The van der Waals surface area contributed by atoms with Crippen LogP contribution in [-0.4, -0.2) is 38.2 Å². The van der Waals surface area contributed by atoms with Crippen LogP contribution < -0.4 is 0 Å². The Balaban J connectivity index is 2.90. The first-order valence-electron chi connectivity index (χ1n) is 8.60. The molecule has 1 rings (SSSR count). The molecule has 2 nitrogen and oxygen atoms in total. The van der Waals surface area contributed by atoms with Crippen LogP contribution in [0.2, 0.25) is 0 Å². The van der Waals surface area contributed by atoms with E-state index in [2.05, 4.69) is 97.8 Å². The Kier molecular flexibility index (Phi) is 5.96. The molecule has 134 valence electrons. The molecule has 0 aromatic heterocycles. The first-order chi connectivity index (χ1) is 9.55. The van der Waals surface area contributed by atoms with Gasteiger partial charge in [-0.05, 0) is 0 Å². The van der Waals surface area contributed by atoms with E-state index in [9.17, 15) is 0 Å². The van der Waals surface area contributed by atoms with Crippen LogP contribution in [0, 0.1) is 10.8 Å². The van der Waals surface area contributed by atoms with Crippen LogP contribution in [0.4, 0.5) is 0 Å². The van der Waals surface area contributed by atoms with E-state index in [1.54, 1.807) is 0 Å². The molecule has 0 N–H and O–H groups in total. The summed E-state index contributed by atoms with van der Waals surface area (Å²) in [5.41, 5.74) is 1.04. The van der Waals surface area contributed by atoms with Crippen LogP contribution in [-0.2, 0) is 18.7 Å². The molecule has 0 bridgehead atoms. The molecule has 0 aromatic carbocycles. The average molecular weight is 401 g/mol. The molecule has 0 amide bonds. The van der Waals surface area contributed by atoms with Gasteiger partial charge in [-0.3, -0.25) is 0 Å². The molecule has 1 fully saturated rings. The molecule has 1 saturated heterocycles. The van der Waals surface area contributed by atoms with Gasteiger partial charge < -0.3 is 0 Å². The second-order valence-corrected chi connectivity index (χ2v) is 11.3. The summed E-state index contributed by atoms with van der Waals surface area (Å²) in [5.74, 6) is 0. The Morgan fingerprint density at radius 2 is 0.955 bits per heavy atom. The van der Waals surface area contributed by atoms with Crippen molar-refractivity contribution in [1.29, 1.82) is 0 Å². The Bertz CT molecular complexity index is 372. The van der Waals surface area contributed by atoms with Crippen LogP contribution in [0.15, 0.2) is 0 Å². The van der Waals surface area contributed by atoms with Crippen LogP contribution in [0.3, 0.4) is 0 Å². The SMILES string of the molecule is CC(C)(C)CC(C)(C)N1CCN(C(C)(C)CC(C)(C)C)[C]1=[Pd]. The third-order valence-electron chi connectivity index (χ3n) is 4.35. The molecular formula is C19H38N2Pd. The number of hydrogen-bond donors (Lipinski definition) is 0. The Hall–Kier alpha value is 0.452. The average Bonchev–Trinajstić information content (AvgIpc) is 2.52. The Morgan fingerprint density at radius 1 is 0.682 bits per heavy atom. The van der Waals surface area contributed by atoms with E-state index in [0.29, 0.717) is 10.8 Å². The maximum absolute atomic E-state index is 3.61. The van der Waals surface area contributed by atoms with Gasteiger partial charge in [-0.2, -0.15) is 0 Å². The molecule has 3 heteroatoms. The molecule has 0 saturated carbocycles. The zero-order chi connectivity index (χ0) is 17.6. The van der Waals surface area contributed by atoms with Gasteiger partial charge in [0.1, 0.15) is 0 Å². The van der Waals surface area contributed by atoms with E-state index in [4.69, 9.17) is 0 Å². The van der Waals surface area contributed by atoms with Gasteiger partial charge in [0.05, 0.1) is 0 Å². The van der Waals surface area contributed by atoms with Gasteiger partial charge in [-0.25, -0.2) is 0 Å². The van der Waals surface area contributed by atoms with Crippen molar-refractivity contribution in [3.63, 3.8) is 0 Å². The number of hydrogen-bond acceptors (Lipinski definition) is 2. The molecule has 1 heterocycles. The molecule has 0 spiro atoms. The van der Waals surface area contributed by atoms with Gasteiger partial charge in [-0.1, -0.05) is 0 Å². The van der Waals surface area contributed by atoms with Gasteiger partial charge in [0.15, 0.2) is 0 Å². The Morgan fingerprint density at radius 3 is 1.18 bits per heavy atom. The normalized spacial score (nSPS) is 20.1. The van der Waals surface area contributed by atoms with E-state index >= 15 is 0 Å². The van der Waals surface area contributed by atoms with Crippen molar-refractivity contribution in [3.8, 4) is 0 Å². The van der Waals surface area contributed by atoms with Crippen molar-refractivity contribution in [2.75, 3.05) is 13.1 Å². The Labute approximate surface area is 149 Å². The molecule has 0 aliphatic carbocycles. The molecule has 0 unspecified atom stereocenters. The van der Waals surface area contributed by atoms with Gasteiger partial charge in [0.25, 0.3) is 0 Å². The molecule has 1 aliphatic heterocycles. The predicted molar refractivity (Wildman–Crippen MR) is 94.7 cm³/mol. The van der Waals surface area contributed by atoms with Gasteiger partial charge in [0, 0.05) is 0 Å². The maximum atomic E-state index is 3.61. The van der Waals surface area contributed by atoms with E-state index in [1.165, 1.54) is 17.1 Å². The van der Waals surface area contributed by atoms with Gasteiger partial charge in [-0.15, -0.1) is 0 Å². The molecule has 0 atom stereocenters. The zero-order valence-electron chi connectivity index (χ0n) is 16.5. The summed E-state index contributed by atoms with van der Waals surface area (Å²) >= 11 is 3.61. The van der Waals surface area contributed by atoms with Crippen molar-refractivity contribution >= 4 is 4.23 Å². The van der Waals surface area contributed by atoms with Crippen molar-refractivity contribution < 1.29 is 18.7 Å². The second kappa shape index (κ2) is 6.40. The van der Waals surface area contributed by atoms with Gasteiger partial charge in [0.2, 0.25) is 0 Å². The van der Waals surface area contributed by atoms with Crippen molar-refractivity contribution in [3.05, 3.63) is 0 Å². The summed E-state index contributed by atoms with van der Waals surface area (Å²) in [6.45, 7) is 25.8. The van der Waals surface area contributed by atoms with E-state index in [-0.39, 0.29) is 11.1 Å². The first-order valence-corrected chi connectivity index (χ1v) is 9.38. The summed E-state index contributed by atoms with van der Waals surface area (Å²) in [4.78, 5) is 5.15. The zero-order valence-corrected chi connectivity index (χ0v) is 18.1. The number of nitrogens with zero attached hydrogens (tertiary/aromatic N) is 2. The van der Waals surface area contributed by atoms with Crippen molar-refractivity contribution in [2.45, 2.75) is 93.2 Å². The standard InChI is InChI=1S/C19H38N2.Pd/c1-16(2,3)13-18(7,8)20-11-12-21(15-20)19(9,10)14-17(4,5)6;/h11-14H2,1-10H3;. The monoisotopic (exact) mass is 400 g/mol. The fourth-order valence-electron chi connectivity index (χ4n) is 4.37. The summed E-state index contributed by atoms with van der Waals surface area (Å²) in [5, 5.41) is 0. The van der Waals surface area contributed by atoms with E-state index in [0.717, 1.165) is 13.1 Å². The molecular weight excluding hydrogens is 363 g/mol. The summed E-state index contributed by atoms with van der Waals surface area (Å²) in [6.07, 6.45) is 2.38. The minimum absolute atomic E-state index is 0.180. The van der Waals surface area contributed by atoms with Crippen molar-refractivity contribution in [1.82, 2.24) is 9.80 Å². The number of rotatable bonds is 4. The van der Waals surface area contributed by atoms with Crippen LogP contribution in [0.5, 0.6) is 0 Å². The predicted octanol–water partition coefficient (Wildman–Crippen LogP) is 4.67. The molecule has 0 radical (unpaired) electrons. The van der Waals surface area contributed by atoms with Crippen LogP contribution in [0.25, 0.3) is 0 Å². The van der Waals surface area contributed by atoms with Crippen molar-refractivity contribution in [2.24, 2.45) is 10.8 Å². The molecule has 0 aromatic rings. The summed E-state index contributed by atoms with van der Waals surface area (Å²) in [7, 11) is 0. The summed E-state index contributed by atoms with van der Waals surface area (Å²) < 4.78 is 1.31. The first kappa shape index (κ1) is 20.5. The molecule has 1 aliphatic rings. The van der Waals surface area contributed by atoms with Crippen LogP contribution >= 0.6 is 0 Å². The quantitative estimate of drug-likeness (QED) is 0.633.